The maximum atomic E-state index is 12.9. The Morgan fingerprint density at radius 3 is 2.55 bits per heavy atom. The summed E-state index contributed by atoms with van der Waals surface area (Å²) in [7, 11) is 0. The van der Waals surface area contributed by atoms with Crippen molar-refractivity contribution in [3.8, 4) is 11.4 Å². The first-order valence-electron chi connectivity index (χ1n) is 10.6. The minimum absolute atomic E-state index is 0.0589. The van der Waals surface area contributed by atoms with Gasteiger partial charge in [0.2, 0.25) is 5.91 Å². The van der Waals surface area contributed by atoms with Crippen LogP contribution in [0.2, 0.25) is 0 Å². The highest BCUT2D eigenvalue weighted by molar-refractivity contribution is 5.94. The maximum absolute atomic E-state index is 12.9. The zero-order chi connectivity index (χ0) is 21.0. The first-order valence-corrected chi connectivity index (χ1v) is 10.6. The zero-order valence-corrected chi connectivity index (χ0v) is 17.1. The lowest BCUT2D eigenvalue weighted by Crippen LogP contribution is -2.41. The summed E-state index contributed by atoms with van der Waals surface area (Å²) in [6.45, 7) is 1.50. The second-order valence-electron chi connectivity index (χ2n) is 7.76. The number of carbonyl (C=O) groups excluding carboxylic acids is 1. The van der Waals surface area contributed by atoms with E-state index in [2.05, 4.69) is 21.3 Å². The van der Waals surface area contributed by atoms with Crippen molar-refractivity contribution < 1.29 is 4.79 Å². The Hall–Kier alpha value is -3.80. The van der Waals surface area contributed by atoms with Crippen molar-refractivity contribution in [3.63, 3.8) is 0 Å². The number of fused-ring (bicyclic) bond motifs is 1. The molecule has 2 aromatic carbocycles. The molecule has 6 heteroatoms. The van der Waals surface area contributed by atoms with E-state index in [9.17, 15) is 4.79 Å². The molecule has 0 bridgehead atoms. The Balaban J connectivity index is 1.46. The van der Waals surface area contributed by atoms with Crippen LogP contribution in [-0.4, -0.2) is 33.9 Å². The molecule has 0 aliphatic carbocycles. The van der Waals surface area contributed by atoms with Gasteiger partial charge < -0.3 is 10.2 Å². The lowest BCUT2D eigenvalue weighted by atomic mass is 9.96. The van der Waals surface area contributed by atoms with Gasteiger partial charge in [0.15, 0.2) is 5.82 Å². The molecule has 1 amide bonds. The minimum Gasteiger partial charge on any atom is -0.355 e. The molecular formula is C25H23N5O. The van der Waals surface area contributed by atoms with Crippen LogP contribution in [0.25, 0.3) is 22.3 Å². The van der Waals surface area contributed by atoms with E-state index >= 15 is 0 Å². The van der Waals surface area contributed by atoms with E-state index in [1.807, 2.05) is 60.7 Å². The third-order valence-corrected chi connectivity index (χ3v) is 5.65. The van der Waals surface area contributed by atoms with Gasteiger partial charge in [-0.05, 0) is 49.2 Å². The van der Waals surface area contributed by atoms with Crippen LogP contribution in [0.5, 0.6) is 0 Å². The van der Waals surface area contributed by atoms with Crippen molar-refractivity contribution >= 4 is 28.3 Å². The summed E-state index contributed by atoms with van der Waals surface area (Å²) < 4.78 is 0. The molecule has 1 aliphatic heterocycles. The van der Waals surface area contributed by atoms with Gasteiger partial charge in [0.25, 0.3) is 0 Å². The van der Waals surface area contributed by atoms with Crippen molar-refractivity contribution in [1.82, 2.24) is 15.0 Å². The van der Waals surface area contributed by atoms with Crippen LogP contribution in [0.15, 0.2) is 79.1 Å². The molecule has 1 aliphatic rings. The Morgan fingerprint density at radius 2 is 1.71 bits per heavy atom. The van der Waals surface area contributed by atoms with E-state index in [-0.39, 0.29) is 11.8 Å². The fourth-order valence-corrected chi connectivity index (χ4v) is 4.08. The van der Waals surface area contributed by atoms with E-state index in [1.165, 1.54) is 0 Å². The lowest BCUT2D eigenvalue weighted by molar-refractivity contribution is -0.120. The first-order chi connectivity index (χ1) is 15.3. The standard InChI is InChI=1S/C25H23N5O/c31-25(27-20-8-2-1-3-9-20)19-7-6-16-30(17-19)24-21-10-4-5-11-22(21)28-23(29-24)18-12-14-26-15-13-18/h1-5,8-15,19H,6-7,16-17H2,(H,27,31). The number of anilines is 2. The molecule has 31 heavy (non-hydrogen) atoms. The Morgan fingerprint density at radius 1 is 0.935 bits per heavy atom. The van der Waals surface area contributed by atoms with E-state index in [1.54, 1.807) is 12.4 Å². The molecule has 154 valence electrons. The Labute approximate surface area is 181 Å². The van der Waals surface area contributed by atoms with E-state index in [0.717, 1.165) is 47.4 Å². The number of piperidine rings is 1. The fourth-order valence-electron chi connectivity index (χ4n) is 4.08. The topological polar surface area (TPSA) is 71.0 Å². The molecule has 0 saturated carbocycles. The number of hydrogen-bond acceptors (Lipinski definition) is 5. The van der Waals surface area contributed by atoms with Crippen molar-refractivity contribution in [2.24, 2.45) is 5.92 Å². The molecule has 5 rings (SSSR count). The summed E-state index contributed by atoms with van der Waals surface area (Å²) in [5, 5.41) is 4.06. The van der Waals surface area contributed by atoms with Crippen LogP contribution in [-0.2, 0) is 4.79 Å². The molecule has 6 nitrogen and oxygen atoms in total. The number of pyridine rings is 1. The predicted octanol–water partition coefficient (Wildman–Crippen LogP) is 4.55. The highest BCUT2D eigenvalue weighted by Gasteiger charge is 2.28. The summed E-state index contributed by atoms with van der Waals surface area (Å²) in [6, 6.07) is 21.5. The van der Waals surface area contributed by atoms with E-state index in [0.29, 0.717) is 12.4 Å². The average molecular weight is 409 g/mol. The SMILES string of the molecule is O=C(Nc1ccccc1)C1CCCN(c2nc(-c3ccncc3)nc3ccccc23)C1. The highest BCUT2D eigenvalue weighted by atomic mass is 16.1. The summed E-state index contributed by atoms with van der Waals surface area (Å²) >= 11 is 0. The fraction of sp³-hybridized carbons (Fsp3) is 0.200. The third kappa shape index (κ3) is 4.10. The molecule has 1 N–H and O–H groups in total. The normalized spacial score (nSPS) is 16.3. The van der Waals surface area contributed by atoms with Gasteiger partial charge in [-0.3, -0.25) is 9.78 Å². The number of nitrogens with zero attached hydrogens (tertiary/aromatic N) is 4. The number of hydrogen-bond donors (Lipinski definition) is 1. The quantitative estimate of drug-likeness (QED) is 0.536. The van der Waals surface area contributed by atoms with Crippen LogP contribution in [0.1, 0.15) is 12.8 Å². The largest absolute Gasteiger partial charge is 0.355 e. The van der Waals surface area contributed by atoms with Crippen molar-refractivity contribution in [2.45, 2.75) is 12.8 Å². The number of carbonyl (C=O) groups is 1. The van der Waals surface area contributed by atoms with E-state index < -0.39 is 0 Å². The molecule has 4 aromatic rings. The summed E-state index contributed by atoms with van der Waals surface area (Å²) in [5.74, 6) is 1.53. The molecule has 0 spiro atoms. The molecule has 0 radical (unpaired) electrons. The van der Waals surface area contributed by atoms with Crippen molar-refractivity contribution in [2.75, 3.05) is 23.3 Å². The van der Waals surface area contributed by atoms with Crippen LogP contribution in [0.4, 0.5) is 11.5 Å². The molecule has 1 atom stereocenters. The second-order valence-corrected chi connectivity index (χ2v) is 7.76. The van der Waals surface area contributed by atoms with Gasteiger partial charge in [0.05, 0.1) is 11.4 Å². The smallest absolute Gasteiger partial charge is 0.229 e. The van der Waals surface area contributed by atoms with Crippen LogP contribution >= 0.6 is 0 Å². The van der Waals surface area contributed by atoms with E-state index in [4.69, 9.17) is 9.97 Å². The number of benzene rings is 2. The van der Waals surface area contributed by atoms with Gasteiger partial charge in [0.1, 0.15) is 5.82 Å². The molecule has 2 aromatic heterocycles. The predicted molar refractivity (Wildman–Crippen MR) is 123 cm³/mol. The Bertz CT molecular complexity index is 1200. The van der Waals surface area contributed by atoms with Gasteiger partial charge in [0, 0.05) is 42.1 Å². The summed E-state index contributed by atoms with van der Waals surface area (Å²) in [6.07, 6.45) is 5.31. The van der Waals surface area contributed by atoms with Gasteiger partial charge in [-0.25, -0.2) is 9.97 Å². The number of para-hydroxylation sites is 2. The molecule has 1 unspecified atom stereocenters. The third-order valence-electron chi connectivity index (χ3n) is 5.65. The maximum Gasteiger partial charge on any atom is 0.229 e. The van der Waals surface area contributed by atoms with Crippen molar-refractivity contribution in [1.29, 1.82) is 0 Å². The summed E-state index contributed by atoms with van der Waals surface area (Å²) in [5.41, 5.74) is 2.66. The second kappa shape index (κ2) is 8.52. The number of nitrogens with one attached hydrogen (secondary N) is 1. The highest BCUT2D eigenvalue weighted by Crippen LogP contribution is 2.30. The number of rotatable bonds is 4. The van der Waals surface area contributed by atoms with Crippen LogP contribution in [0, 0.1) is 5.92 Å². The number of amides is 1. The molecule has 1 fully saturated rings. The minimum atomic E-state index is -0.0907. The first kappa shape index (κ1) is 19.2. The Kier molecular flexibility index (Phi) is 5.27. The zero-order valence-electron chi connectivity index (χ0n) is 17.1. The van der Waals surface area contributed by atoms with Gasteiger partial charge in [-0.2, -0.15) is 0 Å². The lowest BCUT2D eigenvalue weighted by Gasteiger charge is -2.33. The average Bonchev–Trinajstić information content (AvgIpc) is 2.84. The monoisotopic (exact) mass is 409 g/mol. The molecule has 1 saturated heterocycles. The summed E-state index contributed by atoms with van der Waals surface area (Å²) in [4.78, 5) is 28.9. The van der Waals surface area contributed by atoms with Crippen molar-refractivity contribution in [3.05, 3.63) is 79.1 Å². The van der Waals surface area contributed by atoms with Gasteiger partial charge in [-0.15, -0.1) is 0 Å². The van der Waals surface area contributed by atoms with Gasteiger partial charge in [-0.1, -0.05) is 30.3 Å². The van der Waals surface area contributed by atoms with Gasteiger partial charge >= 0.3 is 0 Å². The molecule has 3 heterocycles. The molecular weight excluding hydrogens is 386 g/mol. The number of aromatic nitrogens is 3. The van der Waals surface area contributed by atoms with Crippen LogP contribution < -0.4 is 10.2 Å². The van der Waals surface area contributed by atoms with Crippen LogP contribution in [0.3, 0.4) is 0 Å².